The minimum atomic E-state index is 0.0923. The van der Waals surface area contributed by atoms with Gasteiger partial charge in [0.25, 0.3) is 5.91 Å². The van der Waals surface area contributed by atoms with E-state index in [0.717, 1.165) is 37.7 Å². The molecule has 0 N–H and O–H groups in total. The van der Waals surface area contributed by atoms with Crippen LogP contribution in [0.5, 0.6) is 0 Å². The van der Waals surface area contributed by atoms with Crippen molar-refractivity contribution in [2.24, 2.45) is 25.9 Å². The fourth-order valence-corrected chi connectivity index (χ4v) is 5.16. The molecule has 2 fully saturated rings. The first-order valence-corrected chi connectivity index (χ1v) is 10.6. The smallest absolute Gasteiger partial charge is 0.257 e. The summed E-state index contributed by atoms with van der Waals surface area (Å²) >= 11 is 0. The second-order valence-electron chi connectivity index (χ2n) is 8.65. The van der Waals surface area contributed by atoms with Crippen LogP contribution in [0.3, 0.4) is 0 Å². The quantitative estimate of drug-likeness (QED) is 0.670. The number of rotatable bonds is 4. The summed E-state index contributed by atoms with van der Waals surface area (Å²) in [6.45, 7) is 5.58. The number of hydrogen-bond acceptors (Lipinski definition) is 4. The first-order chi connectivity index (χ1) is 14.5. The second kappa shape index (κ2) is 7.40. The molecule has 0 unspecified atom stereocenters. The van der Waals surface area contributed by atoms with Gasteiger partial charge in [-0.15, -0.1) is 0 Å². The van der Waals surface area contributed by atoms with Crippen LogP contribution in [0, 0.1) is 18.8 Å². The molecule has 30 heavy (non-hydrogen) atoms. The number of imidazole rings is 1. The lowest BCUT2D eigenvalue weighted by Gasteiger charge is -2.30. The number of likely N-dealkylation sites (tertiary alicyclic amines) is 2. The molecule has 3 atom stereocenters. The van der Waals surface area contributed by atoms with Crippen LogP contribution in [0.4, 0.5) is 0 Å². The van der Waals surface area contributed by atoms with Crippen molar-refractivity contribution in [1.29, 1.82) is 0 Å². The third-order valence-electron chi connectivity index (χ3n) is 6.89. The summed E-state index contributed by atoms with van der Waals surface area (Å²) in [7, 11) is 3.93. The van der Waals surface area contributed by atoms with Crippen LogP contribution < -0.4 is 0 Å². The molecule has 2 saturated heterocycles. The topological polar surface area (TPSA) is 59.2 Å². The second-order valence-corrected chi connectivity index (χ2v) is 8.65. The van der Waals surface area contributed by atoms with Crippen molar-refractivity contribution in [1.82, 2.24) is 29.1 Å². The Morgan fingerprint density at radius 3 is 2.60 bits per heavy atom. The van der Waals surface area contributed by atoms with Gasteiger partial charge in [0.05, 0.1) is 24.3 Å². The van der Waals surface area contributed by atoms with Crippen molar-refractivity contribution >= 4 is 5.91 Å². The zero-order chi connectivity index (χ0) is 20.8. The molecule has 1 aromatic carbocycles. The lowest BCUT2D eigenvalue weighted by atomic mass is 9.89. The predicted octanol–water partition coefficient (Wildman–Crippen LogP) is 2.41. The Balaban J connectivity index is 1.43. The van der Waals surface area contributed by atoms with Gasteiger partial charge < -0.3 is 9.47 Å². The van der Waals surface area contributed by atoms with Crippen molar-refractivity contribution in [3.63, 3.8) is 0 Å². The molecule has 156 valence electrons. The standard InChI is InChI=1S/C23H28N6O/c1-16-19(11-25-27(16)3)23(30)29-13-18-12-28(15-21-24-9-10-26(21)2)14-20(18)22(29)17-7-5-4-6-8-17/h4-11,18,20,22H,12-15H2,1-3H3/t18-,20-,22-/m0/s1. The van der Waals surface area contributed by atoms with E-state index >= 15 is 0 Å². The molecule has 2 aliphatic rings. The maximum atomic E-state index is 13.5. The highest BCUT2D eigenvalue weighted by Gasteiger charge is 2.49. The Bertz CT molecular complexity index is 1050. The molecule has 0 aliphatic carbocycles. The van der Waals surface area contributed by atoms with Gasteiger partial charge in [-0.25, -0.2) is 4.98 Å². The number of nitrogens with zero attached hydrogens (tertiary/aromatic N) is 6. The molecule has 0 saturated carbocycles. The number of hydrogen-bond donors (Lipinski definition) is 0. The molecule has 0 bridgehead atoms. The Morgan fingerprint density at radius 2 is 1.93 bits per heavy atom. The van der Waals surface area contributed by atoms with E-state index in [1.54, 1.807) is 10.9 Å². The monoisotopic (exact) mass is 404 g/mol. The molecule has 2 aliphatic heterocycles. The minimum Gasteiger partial charge on any atom is -0.337 e. The van der Waals surface area contributed by atoms with Gasteiger partial charge in [-0.1, -0.05) is 30.3 Å². The lowest BCUT2D eigenvalue weighted by molar-refractivity contribution is 0.0698. The SMILES string of the molecule is Cc1c(C(=O)N2C[C@@H]3CN(Cc4nccn4C)C[C@@H]3[C@@H]2c2ccccc2)cnn1C. The third-order valence-corrected chi connectivity index (χ3v) is 6.89. The van der Waals surface area contributed by atoms with Gasteiger partial charge in [0.15, 0.2) is 0 Å². The van der Waals surface area contributed by atoms with Crippen molar-refractivity contribution in [3.05, 3.63) is 71.6 Å². The van der Waals surface area contributed by atoms with Crippen LogP contribution in [-0.4, -0.2) is 54.7 Å². The van der Waals surface area contributed by atoms with E-state index in [9.17, 15) is 4.79 Å². The Hall–Kier alpha value is -2.93. The van der Waals surface area contributed by atoms with Crippen LogP contribution in [0.15, 0.2) is 48.9 Å². The van der Waals surface area contributed by atoms with Gasteiger partial charge in [-0.3, -0.25) is 14.4 Å². The van der Waals surface area contributed by atoms with Gasteiger partial charge in [0, 0.05) is 57.7 Å². The van der Waals surface area contributed by atoms with Gasteiger partial charge in [0.1, 0.15) is 5.82 Å². The van der Waals surface area contributed by atoms with Crippen LogP contribution in [-0.2, 0) is 20.6 Å². The van der Waals surface area contributed by atoms with Gasteiger partial charge in [-0.2, -0.15) is 5.10 Å². The molecule has 0 spiro atoms. The van der Waals surface area contributed by atoms with E-state index in [2.05, 4.69) is 48.7 Å². The summed E-state index contributed by atoms with van der Waals surface area (Å²) in [4.78, 5) is 22.6. The Labute approximate surface area is 176 Å². The molecular weight excluding hydrogens is 376 g/mol. The molecule has 4 heterocycles. The average Bonchev–Trinajstić information content (AvgIpc) is 3.49. The number of carbonyl (C=O) groups excluding carboxylic acids is 1. The molecule has 7 nitrogen and oxygen atoms in total. The van der Waals surface area contributed by atoms with Crippen LogP contribution >= 0.6 is 0 Å². The summed E-state index contributed by atoms with van der Waals surface area (Å²) in [5.74, 6) is 2.08. The van der Waals surface area contributed by atoms with E-state index < -0.39 is 0 Å². The largest absolute Gasteiger partial charge is 0.337 e. The molecule has 3 aromatic rings. The molecule has 7 heteroatoms. The highest BCUT2D eigenvalue weighted by Crippen LogP contribution is 2.45. The Kier molecular flexibility index (Phi) is 4.70. The van der Waals surface area contributed by atoms with E-state index in [1.807, 2.05) is 39.5 Å². The number of fused-ring (bicyclic) bond motifs is 1. The molecule has 0 radical (unpaired) electrons. The summed E-state index contributed by atoms with van der Waals surface area (Å²) in [6.07, 6.45) is 5.56. The van der Waals surface area contributed by atoms with Crippen molar-refractivity contribution in [3.8, 4) is 0 Å². The van der Waals surface area contributed by atoms with Gasteiger partial charge in [0.2, 0.25) is 0 Å². The first kappa shape index (κ1) is 19.1. The molecule has 2 aromatic heterocycles. The van der Waals surface area contributed by atoms with Crippen molar-refractivity contribution in [2.45, 2.75) is 19.5 Å². The van der Waals surface area contributed by atoms with Crippen LogP contribution in [0.1, 0.15) is 33.5 Å². The fourth-order valence-electron chi connectivity index (χ4n) is 5.16. The third kappa shape index (κ3) is 3.13. The van der Waals surface area contributed by atoms with Crippen molar-refractivity contribution < 1.29 is 4.79 Å². The highest BCUT2D eigenvalue weighted by atomic mass is 16.2. The zero-order valence-electron chi connectivity index (χ0n) is 17.8. The first-order valence-electron chi connectivity index (χ1n) is 10.6. The normalized spacial score (nSPS) is 23.8. The maximum Gasteiger partial charge on any atom is 0.257 e. The van der Waals surface area contributed by atoms with E-state index in [0.29, 0.717) is 17.4 Å². The number of aryl methyl sites for hydroxylation is 2. The molecule has 1 amide bonds. The summed E-state index contributed by atoms with van der Waals surface area (Å²) < 4.78 is 3.86. The number of benzene rings is 1. The fraction of sp³-hybridized carbons (Fsp3) is 0.435. The summed E-state index contributed by atoms with van der Waals surface area (Å²) in [6, 6.07) is 10.6. The molecule has 5 rings (SSSR count). The van der Waals surface area contributed by atoms with Crippen LogP contribution in [0.2, 0.25) is 0 Å². The zero-order valence-corrected chi connectivity index (χ0v) is 17.8. The number of carbonyl (C=O) groups is 1. The lowest BCUT2D eigenvalue weighted by Crippen LogP contribution is -2.36. The van der Waals surface area contributed by atoms with E-state index in [4.69, 9.17) is 0 Å². The van der Waals surface area contributed by atoms with Gasteiger partial charge in [-0.05, 0) is 18.4 Å². The minimum absolute atomic E-state index is 0.0923. The highest BCUT2D eigenvalue weighted by molar-refractivity contribution is 5.95. The maximum absolute atomic E-state index is 13.5. The van der Waals surface area contributed by atoms with E-state index in [1.165, 1.54) is 5.56 Å². The predicted molar refractivity (Wildman–Crippen MR) is 114 cm³/mol. The Morgan fingerprint density at radius 1 is 1.13 bits per heavy atom. The number of amides is 1. The molecular formula is C23H28N6O. The summed E-state index contributed by atoms with van der Waals surface area (Å²) in [5.41, 5.74) is 2.85. The van der Waals surface area contributed by atoms with Crippen molar-refractivity contribution in [2.75, 3.05) is 19.6 Å². The number of aromatic nitrogens is 4. The van der Waals surface area contributed by atoms with Gasteiger partial charge >= 0.3 is 0 Å². The van der Waals surface area contributed by atoms with Crippen LogP contribution in [0.25, 0.3) is 0 Å². The van der Waals surface area contributed by atoms with E-state index in [-0.39, 0.29) is 11.9 Å². The average molecular weight is 405 g/mol. The summed E-state index contributed by atoms with van der Waals surface area (Å²) in [5, 5.41) is 4.29.